The van der Waals surface area contributed by atoms with Crippen molar-refractivity contribution >= 4 is 57.1 Å². The first kappa shape index (κ1) is 28.4. The van der Waals surface area contributed by atoms with Crippen LogP contribution in [-0.2, 0) is 14.4 Å². The second-order valence-corrected chi connectivity index (χ2v) is 9.48. The number of anilines is 2. The Morgan fingerprint density at radius 1 is 1.05 bits per heavy atom. The highest BCUT2D eigenvalue weighted by Gasteiger charge is 2.37. The van der Waals surface area contributed by atoms with Crippen LogP contribution in [0.15, 0.2) is 70.7 Å². The molecule has 1 aliphatic rings. The number of carbonyl (C=O) groups excluding carboxylic acids is 4. The SMILES string of the molecule is CCOc1ccc(N2C(=O)NC(=O)/C(=C\c3cc(Br)c(OCC(=O)Nc4cccc(C)c4)c(OC)c3)C2=O)cc1. The lowest BCUT2D eigenvalue weighted by Gasteiger charge is -2.26. The maximum Gasteiger partial charge on any atom is 0.335 e. The predicted molar refractivity (Wildman–Crippen MR) is 153 cm³/mol. The maximum absolute atomic E-state index is 13.2. The second kappa shape index (κ2) is 12.5. The molecule has 40 heavy (non-hydrogen) atoms. The molecule has 10 nitrogen and oxygen atoms in total. The highest BCUT2D eigenvalue weighted by molar-refractivity contribution is 9.10. The molecule has 1 heterocycles. The summed E-state index contributed by atoms with van der Waals surface area (Å²) in [6.07, 6.45) is 1.34. The van der Waals surface area contributed by atoms with Gasteiger partial charge in [0.05, 0.1) is 23.9 Å². The molecule has 206 valence electrons. The molecule has 1 saturated heterocycles. The van der Waals surface area contributed by atoms with Crippen molar-refractivity contribution in [2.45, 2.75) is 13.8 Å². The molecule has 0 radical (unpaired) electrons. The molecule has 4 rings (SSSR count). The van der Waals surface area contributed by atoms with E-state index >= 15 is 0 Å². The van der Waals surface area contributed by atoms with Crippen molar-refractivity contribution in [3.05, 3.63) is 81.8 Å². The van der Waals surface area contributed by atoms with E-state index < -0.39 is 17.8 Å². The lowest BCUT2D eigenvalue weighted by Crippen LogP contribution is -2.54. The maximum atomic E-state index is 13.2. The number of carbonyl (C=O) groups is 4. The zero-order chi connectivity index (χ0) is 28.8. The van der Waals surface area contributed by atoms with Crippen molar-refractivity contribution < 1.29 is 33.4 Å². The molecule has 0 saturated carbocycles. The van der Waals surface area contributed by atoms with Crippen LogP contribution in [0, 0.1) is 6.92 Å². The minimum Gasteiger partial charge on any atom is -0.494 e. The molecule has 3 aromatic rings. The smallest absolute Gasteiger partial charge is 0.335 e. The van der Waals surface area contributed by atoms with Crippen molar-refractivity contribution in [1.29, 1.82) is 0 Å². The zero-order valence-corrected chi connectivity index (χ0v) is 23.5. The van der Waals surface area contributed by atoms with E-state index in [0.717, 1.165) is 10.5 Å². The Balaban J connectivity index is 1.54. The molecular weight excluding hydrogens is 582 g/mol. The number of amides is 5. The summed E-state index contributed by atoms with van der Waals surface area (Å²) in [5, 5.41) is 4.96. The van der Waals surface area contributed by atoms with Gasteiger partial charge in [0.25, 0.3) is 17.7 Å². The summed E-state index contributed by atoms with van der Waals surface area (Å²) in [5.74, 6) is -0.895. The number of hydrogen-bond donors (Lipinski definition) is 2. The summed E-state index contributed by atoms with van der Waals surface area (Å²) < 4.78 is 17.0. The van der Waals surface area contributed by atoms with Crippen LogP contribution in [0.5, 0.6) is 17.2 Å². The van der Waals surface area contributed by atoms with E-state index in [4.69, 9.17) is 14.2 Å². The number of rotatable bonds is 9. The fourth-order valence-electron chi connectivity index (χ4n) is 3.94. The van der Waals surface area contributed by atoms with E-state index in [1.54, 1.807) is 42.5 Å². The van der Waals surface area contributed by atoms with Crippen molar-refractivity contribution in [3.8, 4) is 17.2 Å². The normalized spacial score (nSPS) is 14.2. The van der Waals surface area contributed by atoms with E-state index in [2.05, 4.69) is 26.6 Å². The average Bonchev–Trinajstić information content (AvgIpc) is 2.91. The second-order valence-electron chi connectivity index (χ2n) is 8.63. The summed E-state index contributed by atoms with van der Waals surface area (Å²) in [4.78, 5) is 51.7. The Hall–Kier alpha value is -4.64. The summed E-state index contributed by atoms with van der Waals surface area (Å²) in [5.41, 5.74) is 2.09. The minimum absolute atomic E-state index is 0.256. The molecule has 1 aliphatic heterocycles. The van der Waals surface area contributed by atoms with Crippen molar-refractivity contribution in [2.24, 2.45) is 0 Å². The molecule has 11 heteroatoms. The van der Waals surface area contributed by atoms with E-state index in [-0.39, 0.29) is 35.3 Å². The summed E-state index contributed by atoms with van der Waals surface area (Å²) in [6, 6.07) is 16.0. The van der Waals surface area contributed by atoms with Gasteiger partial charge in [-0.2, -0.15) is 0 Å². The van der Waals surface area contributed by atoms with Gasteiger partial charge in [-0.1, -0.05) is 12.1 Å². The number of nitrogens with zero attached hydrogens (tertiary/aromatic N) is 1. The molecule has 3 aromatic carbocycles. The Bertz CT molecular complexity index is 1500. The molecule has 2 N–H and O–H groups in total. The number of aryl methyl sites for hydroxylation is 1. The standard InChI is InChI=1S/C29H26BrN3O7/c1-4-39-21-10-8-20(9-11-21)33-28(36)22(27(35)32-29(33)37)13-18-14-23(30)26(24(15-18)38-3)40-16-25(34)31-19-7-5-6-17(2)12-19/h5-15H,4,16H2,1-3H3,(H,31,34)(H,32,35,37)/b22-13+. The van der Waals surface area contributed by atoms with E-state index in [0.29, 0.717) is 28.1 Å². The Labute approximate surface area is 239 Å². The highest BCUT2D eigenvalue weighted by Crippen LogP contribution is 2.37. The molecular formula is C29H26BrN3O7. The molecule has 1 fully saturated rings. The Morgan fingerprint density at radius 2 is 1.80 bits per heavy atom. The van der Waals surface area contributed by atoms with Crippen LogP contribution < -0.4 is 29.7 Å². The summed E-state index contributed by atoms with van der Waals surface area (Å²) in [6.45, 7) is 3.94. The van der Waals surface area contributed by atoms with Crippen molar-refractivity contribution in [2.75, 3.05) is 30.5 Å². The number of urea groups is 1. The number of barbiturate groups is 1. The third kappa shape index (κ3) is 6.49. The third-order valence-electron chi connectivity index (χ3n) is 5.72. The monoisotopic (exact) mass is 607 g/mol. The van der Waals surface area contributed by atoms with Crippen LogP contribution in [0.4, 0.5) is 16.2 Å². The van der Waals surface area contributed by atoms with Gasteiger partial charge >= 0.3 is 6.03 Å². The van der Waals surface area contributed by atoms with Gasteiger partial charge in [0.2, 0.25) is 0 Å². The topological polar surface area (TPSA) is 123 Å². The highest BCUT2D eigenvalue weighted by atomic mass is 79.9. The molecule has 0 aliphatic carbocycles. The van der Waals surface area contributed by atoms with E-state index in [1.165, 1.54) is 13.2 Å². The quantitative estimate of drug-likeness (QED) is 0.263. The van der Waals surface area contributed by atoms with Crippen LogP contribution in [0.3, 0.4) is 0 Å². The van der Waals surface area contributed by atoms with Crippen molar-refractivity contribution in [3.63, 3.8) is 0 Å². The van der Waals surface area contributed by atoms with Crippen LogP contribution in [-0.4, -0.2) is 44.1 Å². The first-order valence-corrected chi connectivity index (χ1v) is 13.0. The minimum atomic E-state index is -0.859. The van der Waals surface area contributed by atoms with Gasteiger partial charge in [-0.3, -0.25) is 19.7 Å². The number of imide groups is 2. The number of benzene rings is 3. The molecule has 0 spiro atoms. The number of halogens is 1. The first-order chi connectivity index (χ1) is 19.2. The van der Waals surface area contributed by atoms with Gasteiger partial charge in [0.15, 0.2) is 18.1 Å². The molecule has 0 atom stereocenters. The predicted octanol–water partition coefficient (Wildman–Crippen LogP) is 4.85. The van der Waals surface area contributed by atoms with Crippen LogP contribution >= 0.6 is 15.9 Å². The number of nitrogens with one attached hydrogen (secondary N) is 2. The van der Waals surface area contributed by atoms with Gasteiger partial charge in [0.1, 0.15) is 11.3 Å². The third-order valence-corrected chi connectivity index (χ3v) is 6.31. The molecule has 0 aromatic heterocycles. The largest absolute Gasteiger partial charge is 0.494 e. The van der Waals surface area contributed by atoms with Gasteiger partial charge < -0.3 is 19.5 Å². The van der Waals surface area contributed by atoms with Crippen molar-refractivity contribution in [1.82, 2.24) is 5.32 Å². The van der Waals surface area contributed by atoms with Crippen LogP contribution in [0.25, 0.3) is 6.08 Å². The van der Waals surface area contributed by atoms with Gasteiger partial charge in [-0.05, 0) is 95.5 Å². The summed E-state index contributed by atoms with van der Waals surface area (Å²) in [7, 11) is 1.42. The van der Waals surface area contributed by atoms with Gasteiger partial charge in [-0.15, -0.1) is 0 Å². The number of methoxy groups -OCH3 is 1. The molecule has 0 unspecified atom stereocenters. The average molecular weight is 608 g/mol. The van der Waals surface area contributed by atoms with Crippen LogP contribution in [0.1, 0.15) is 18.1 Å². The fourth-order valence-corrected chi connectivity index (χ4v) is 4.51. The fraction of sp³-hybridized carbons (Fsp3) is 0.172. The van der Waals surface area contributed by atoms with Gasteiger partial charge in [-0.25, -0.2) is 9.69 Å². The number of ether oxygens (including phenoxy) is 3. The van der Waals surface area contributed by atoms with E-state index in [1.807, 2.05) is 32.0 Å². The molecule has 5 amide bonds. The summed E-state index contributed by atoms with van der Waals surface area (Å²) >= 11 is 3.41. The first-order valence-electron chi connectivity index (χ1n) is 12.2. The zero-order valence-electron chi connectivity index (χ0n) is 21.9. The molecule has 0 bridgehead atoms. The lowest BCUT2D eigenvalue weighted by molar-refractivity contribution is -0.122. The Kier molecular flexibility index (Phi) is 8.85. The Morgan fingerprint density at radius 3 is 2.48 bits per heavy atom. The van der Waals surface area contributed by atoms with Gasteiger partial charge in [0, 0.05) is 5.69 Å². The lowest BCUT2D eigenvalue weighted by atomic mass is 10.1. The van der Waals surface area contributed by atoms with Crippen LogP contribution in [0.2, 0.25) is 0 Å². The van der Waals surface area contributed by atoms with E-state index in [9.17, 15) is 19.2 Å². The number of hydrogen-bond acceptors (Lipinski definition) is 7.